The van der Waals surface area contributed by atoms with Crippen LogP contribution in [0.25, 0.3) is 11.1 Å². The third-order valence-electron chi connectivity index (χ3n) is 7.63. The van der Waals surface area contributed by atoms with E-state index in [0.29, 0.717) is 0 Å². The van der Waals surface area contributed by atoms with Crippen LogP contribution in [0.5, 0.6) is 0 Å². The fraction of sp³-hybridized carbons (Fsp3) is 0.567. The molecule has 0 radical (unpaired) electrons. The number of amides is 1. The quantitative estimate of drug-likeness (QED) is 0.536. The molecule has 0 aromatic heterocycles. The van der Waals surface area contributed by atoms with Crippen LogP contribution in [0.2, 0.25) is 0 Å². The monoisotopic (exact) mass is 461 g/mol. The molecule has 1 amide bonds. The average molecular weight is 462 g/mol. The molecule has 0 unspecified atom stereocenters. The van der Waals surface area contributed by atoms with E-state index in [-0.39, 0.29) is 11.3 Å². The van der Waals surface area contributed by atoms with Crippen molar-refractivity contribution in [2.75, 3.05) is 39.3 Å². The Balaban J connectivity index is 1.17. The van der Waals surface area contributed by atoms with Crippen LogP contribution in [0.4, 0.5) is 0 Å². The van der Waals surface area contributed by atoms with E-state index in [4.69, 9.17) is 0 Å². The van der Waals surface area contributed by atoms with Crippen LogP contribution in [0, 0.1) is 0 Å². The lowest BCUT2D eigenvalue weighted by Gasteiger charge is -2.40. The van der Waals surface area contributed by atoms with E-state index in [9.17, 15) is 4.79 Å². The van der Waals surface area contributed by atoms with Gasteiger partial charge in [-0.2, -0.15) is 0 Å². The van der Waals surface area contributed by atoms with Crippen LogP contribution in [-0.4, -0.2) is 61.0 Å². The molecular weight excluding hydrogens is 418 g/mol. The van der Waals surface area contributed by atoms with Crippen molar-refractivity contribution in [3.63, 3.8) is 0 Å². The Hall–Kier alpha value is -2.17. The van der Waals surface area contributed by atoms with Gasteiger partial charge in [0, 0.05) is 18.2 Å². The zero-order valence-corrected chi connectivity index (χ0v) is 21.5. The average Bonchev–Trinajstić information content (AvgIpc) is 2.87. The molecule has 1 N–H and O–H groups in total. The molecule has 4 rings (SSSR count). The van der Waals surface area contributed by atoms with Crippen LogP contribution in [0.15, 0.2) is 48.5 Å². The maximum Gasteiger partial charge on any atom is 0.251 e. The minimum absolute atomic E-state index is 0.0263. The number of nitrogens with one attached hydrogen (secondary N) is 1. The first-order valence-corrected chi connectivity index (χ1v) is 13.4. The molecule has 0 bridgehead atoms. The van der Waals surface area contributed by atoms with Gasteiger partial charge in [-0.1, -0.05) is 63.6 Å². The fourth-order valence-corrected chi connectivity index (χ4v) is 5.37. The van der Waals surface area contributed by atoms with E-state index in [1.54, 1.807) is 0 Å². The van der Waals surface area contributed by atoms with E-state index in [0.717, 1.165) is 36.7 Å². The van der Waals surface area contributed by atoms with Crippen molar-refractivity contribution in [3.05, 3.63) is 59.7 Å². The molecule has 0 saturated carbocycles. The number of piperidine rings is 2. The summed E-state index contributed by atoms with van der Waals surface area (Å²) in [5, 5.41) is 3.11. The molecule has 184 valence electrons. The van der Waals surface area contributed by atoms with Gasteiger partial charge in [-0.15, -0.1) is 0 Å². The first kappa shape index (κ1) is 24.9. The summed E-state index contributed by atoms with van der Waals surface area (Å²) in [6.07, 6.45) is 7.80. The first-order chi connectivity index (χ1) is 16.4. The molecule has 2 aromatic carbocycles. The lowest BCUT2D eigenvalue weighted by atomic mass is 9.86. The summed E-state index contributed by atoms with van der Waals surface area (Å²) < 4.78 is 0. The van der Waals surface area contributed by atoms with E-state index in [1.807, 2.05) is 24.3 Å². The zero-order chi connectivity index (χ0) is 24.0. The van der Waals surface area contributed by atoms with Gasteiger partial charge in [0.25, 0.3) is 5.91 Å². The highest BCUT2D eigenvalue weighted by Gasteiger charge is 2.25. The molecule has 34 heavy (non-hydrogen) atoms. The molecule has 0 spiro atoms. The van der Waals surface area contributed by atoms with Gasteiger partial charge < -0.3 is 15.1 Å². The molecule has 2 saturated heterocycles. The summed E-state index contributed by atoms with van der Waals surface area (Å²) >= 11 is 0. The Kier molecular flexibility index (Phi) is 8.44. The summed E-state index contributed by atoms with van der Waals surface area (Å²) in [5.41, 5.74) is 4.55. The Bertz CT molecular complexity index is 900. The van der Waals surface area contributed by atoms with Crippen LogP contribution in [0.1, 0.15) is 75.2 Å². The van der Waals surface area contributed by atoms with Crippen molar-refractivity contribution in [3.8, 4) is 11.1 Å². The second-order valence-corrected chi connectivity index (χ2v) is 11.2. The van der Waals surface area contributed by atoms with Gasteiger partial charge in [0.1, 0.15) is 0 Å². The zero-order valence-electron chi connectivity index (χ0n) is 21.5. The molecule has 2 aliphatic heterocycles. The van der Waals surface area contributed by atoms with Crippen LogP contribution < -0.4 is 5.32 Å². The van der Waals surface area contributed by atoms with Gasteiger partial charge in [-0.3, -0.25) is 4.79 Å². The number of nitrogens with zero attached hydrogens (tertiary/aromatic N) is 2. The van der Waals surface area contributed by atoms with Crippen LogP contribution in [-0.2, 0) is 5.41 Å². The molecule has 0 atom stereocenters. The normalized spacial score (nSPS) is 18.7. The van der Waals surface area contributed by atoms with Crippen LogP contribution in [0.3, 0.4) is 0 Å². The van der Waals surface area contributed by atoms with Crippen molar-refractivity contribution in [2.45, 2.75) is 70.8 Å². The topological polar surface area (TPSA) is 35.6 Å². The largest absolute Gasteiger partial charge is 0.352 e. The van der Waals surface area contributed by atoms with E-state index in [1.165, 1.54) is 69.4 Å². The summed E-state index contributed by atoms with van der Waals surface area (Å²) in [6.45, 7) is 13.5. The predicted octanol–water partition coefficient (Wildman–Crippen LogP) is 5.72. The van der Waals surface area contributed by atoms with Crippen molar-refractivity contribution < 1.29 is 4.79 Å². The van der Waals surface area contributed by atoms with E-state index in [2.05, 4.69) is 60.2 Å². The van der Waals surface area contributed by atoms with Crippen LogP contribution >= 0.6 is 0 Å². The van der Waals surface area contributed by atoms with Crippen molar-refractivity contribution in [1.29, 1.82) is 0 Å². The number of carbonyl (C=O) groups excluding carboxylic acids is 1. The fourth-order valence-electron chi connectivity index (χ4n) is 5.37. The van der Waals surface area contributed by atoms with Gasteiger partial charge in [0.2, 0.25) is 0 Å². The highest BCUT2D eigenvalue weighted by Crippen LogP contribution is 2.26. The SMILES string of the molecule is CC(C)(C)c1ccc(-c2ccc(C(=O)NCCCN3CCC(N4CCCCC4)CC3)cc2)cc1. The Labute approximate surface area is 206 Å². The smallest absolute Gasteiger partial charge is 0.251 e. The van der Waals surface area contributed by atoms with Gasteiger partial charge in [-0.25, -0.2) is 0 Å². The lowest BCUT2D eigenvalue weighted by Crippen LogP contribution is -2.47. The van der Waals surface area contributed by atoms with Gasteiger partial charge >= 0.3 is 0 Å². The Morgan fingerprint density at radius 2 is 1.44 bits per heavy atom. The second-order valence-electron chi connectivity index (χ2n) is 11.2. The lowest BCUT2D eigenvalue weighted by molar-refractivity contribution is 0.0903. The second kappa shape index (κ2) is 11.5. The molecule has 2 heterocycles. The number of rotatable bonds is 7. The predicted molar refractivity (Wildman–Crippen MR) is 142 cm³/mol. The van der Waals surface area contributed by atoms with Gasteiger partial charge in [0.15, 0.2) is 0 Å². The number of likely N-dealkylation sites (tertiary alicyclic amines) is 2. The molecular formula is C30H43N3O. The minimum atomic E-state index is 0.0263. The summed E-state index contributed by atoms with van der Waals surface area (Å²) in [7, 11) is 0. The number of carbonyl (C=O) groups is 1. The number of hydrogen-bond donors (Lipinski definition) is 1. The Morgan fingerprint density at radius 1 is 0.853 bits per heavy atom. The van der Waals surface area contributed by atoms with Crippen molar-refractivity contribution in [2.24, 2.45) is 0 Å². The van der Waals surface area contributed by atoms with Gasteiger partial charge in [-0.05, 0) is 99.1 Å². The summed E-state index contributed by atoms with van der Waals surface area (Å²) in [6, 6.07) is 17.5. The van der Waals surface area contributed by atoms with E-state index < -0.39 is 0 Å². The van der Waals surface area contributed by atoms with Crippen molar-refractivity contribution >= 4 is 5.91 Å². The Morgan fingerprint density at radius 3 is 2.03 bits per heavy atom. The standard InChI is InChI=1S/C30H43N3O/c1-30(2,3)27-14-12-25(13-15-27)24-8-10-26(11-9-24)29(34)31-18-7-19-32-22-16-28(17-23-32)33-20-5-4-6-21-33/h8-15,28H,4-7,16-23H2,1-3H3,(H,31,34). The minimum Gasteiger partial charge on any atom is -0.352 e. The molecule has 4 nitrogen and oxygen atoms in total. The highest BCUT2D eigenvalue weighted by molar-refractivity contribution is 5.94. The van der Waals surface area contributed by atoms with Gasteiger partial charge in [0.05, 0.1) is 0 Å². The third kappa shape index (κ3) is 6.70. The maximum atomic E-state index is 12.6. The number of hydrogen-bond acceptors (Lipinski definition) is 3. The molecule has 2 aromatic rings. The highest BCUT2D eigenvalue weighted by atomic mass is 16.1. The summed E-state index contributed by atoms with van der Waals surface area (Å²) in [5.74, 6) is 0.0263. The summed E-state index contributed by atoms with van der Waals surface area (Å²) in [4.78, 5) is 17.9. The molecule has 2 fully saturated rings. The first-order valence-electron chi connectivity index (χ1n) is 13.4. The molecule has 0 aliphatic carbocycles. The third-order valence-corrected chi connectivity index (χ3v) is 7.63. The van der Waals surface area contributed by atoms with E-state index >= 15 is 0 Å². The molecule has 2 aliphatic rings. The number of benzene rings is 2. The maximum absolute atomic E-state index is 12.6. The van der Waals surface area contributed by atoms with Crippen molar-refractivity contribution in [1.82, 2.24) is 15.1 Å². The molecule has 4 heteroatoms.